The fraction of sp³-hybridized carbons (Fsp3) is 0.476. The highest BCUT2D eigenvalue weighted by atomic mass is 32.2. The predicted octanol–water partition coefficient (Wildman–Crippen LogP) is 2.31. The Hall–Kier alpha value is -1.92. The Morgan fingerprint density at radius 3 is 2.48 bits per heavy atom. The number of piperazine rings is 1. The lowest BCUT2D eigenvalue weighted by molar-refractivity contribution is -0.140. The molecule has 2 aromatic carbocycles. The van der Waals surface area contributed by atoms with Gasteiger partial charge in [-0.3, -0.25) is 9.69 Å². The topological polar surface area (TPSA) is 57.7 Å². The monoisotopic (exact) mass is 386 g/mol. The first-order valence-corrected chi connectivity index (χ1v) is 11.4. The second-order valence-electron chi connectivity index (χ2n) is 8.05. The van der Waals surface area contributed by atoms with E-state index in [0.717, 1.165) is 0 Å². The molecular weight excluding hydrogens is 360 g/mol. The number of rotatable bonds is 3. The van der Waals surface area contributed by atoms with Gasteiger partial charge in [0, 0.05) is 31.6 Å². The van der Waals surface area contributed by atoms with Crippen molar-refractivity contribution < 1.29 is 13.2 Å². The Balaban J connectivity index is 1.59. The molecule has 2 heterocycles. The minimum absolute atomic E-state index is 0.0625. The van der Waals surface area contributed by atoms with Crippen LogP contribution in [-0.2, 0) is 21.2 Å². The molecule has 2 atom stereocenters. The minimum Gasteiger partial charge on any atom is -0.336 e. The van der Waals surface area contributed by atoms with E-state index in [9.17, 15) is 13.2 Å². The Morgan fingerprint density at radius 2 is 1.74 bits per heavy atom. The van der Waals surface area contributed by atoms with Crippen molar-refractivity contribution in [2.24, 2.45) is 5.92 Å². The van der Waals surface area contributed by atoms with Crippen molar-refractivity contribution in [3.8, 4) is 0 Å². The SMILES string of the molecule is CC(C)C(=O)N1CCN(Cc2ccc3ccccc3c2)[C@@H]2CS(=O)(=O)C[C@@H]21. The molecule has 0 bridgehead atoms. The smallest absolute Gasteiger partial charge is 0.225 e. The second-order valence-corrected chi connectivity index (χ2v) is 10.2. The van der Waals surface area contributed by atoms with Crippen molar-refractivity contribution in [1.82, 2.24) is 9.80 Å². The third-order valence-electron chi connectivity index (χ3n) is 5.77. The fourth-order valence-electron chi connectivity index (χ4n) is 4.40. The maximum atomic E-state index is 12.6. The van der Waals surface area contributed by atoms with Crippen LogP contribution in [0, 0.1) is 5.92 Å². The van der Waals surface area contributed by atoms with Crippen LogP contribution in [0.15, 0.2) is 42.5 Å². The van der Waals surface area contributed by atoms with Crippen LogP contribution < -0.4 is 0 Å². The lowest BCUT2D eigenvalue weighted by Crippen LogP contribution is -2.60. The van der Waals surface area contributed by atoms with Gasteiger partial charge in [-0.1, -0.05) is 50.2 Å². The summed E-state index contributed by atoms with van der Waals surface area (Å²) in [6, 6.07) is 14.3. The van der Waals surface area contributed by atoms with Gasteiger partial charge in [0.15, 0.2) is 9.84 Å². The molecule has 2 saturated heterocycles. The molecular formula is C21H26N2O3S. The normalized spacial score (nSPS) is 25.1. The zero-order valence-corrected chi connectivity index (χ0v) is 16.7. The van der Waals surface area contributed by atoms with Gasteiger partial charge in [0.05, 0.1) is 17.5 Å². The highest BCUT2D eigenvalue weighted by Gasteiger charge is 2.48. The van der Waals surface area contributed by atoms with E-state index in [1.807, 2.05) is 30.9 Å². The van der Waals surface area contributed by atoms with Gasteiger partial charge in [-0.25, -0.2) is 8.42 Å². The summed E-state index contributed by atoms with van der Waals surface area (Å²) >= 11 is 0. The average molecular weight is 387 g/mol. The molecule has 2 aliphatic rings. The minimum atomic E-state index is -3.12. The highest BCUT2D eigenvalue weighted by Crippen LogP contribution is 2.29. The molecule has 0 aliphatic carbocycles. The number of amides is 1. The molecule has 0 radical (unpaired) electrons. The number of nitrogens with zero attached hydrogens (tertiary/aromatic N) is 2. The van der Waals surface area contributed by atoms with E-state index in [4.69, 9.17) is 0 Å². The summed E-state index contributed by atoms with van der Waals surface area (Å²) in [5.74, 6) is 0.186. The summed E-state index contributed by atoms with van der Waals surface area (Å²) < 4.78 is 24.7. The third kappa shape index (κ3) is 3.60. The maximum Gasteiger partial charge on any atom is 0.225 e. The van der Waals surface area contributed by atoms with E-state index >= 15 is 0 Å². The zero-order chi connectivity index (χ0) is 19.2. The standard InChI is InChI=1S/C21H26N2O3S/c1-15(2)21(24)23-10-9-22(19-13-27(25,26)14-20(19)23)12-16-7-8-17-5-3-4-6-18(17)11-16/h3-8,11,15,19-20H,9-10,12-14H2,1-2H3/t19-,20+/m1/s1. The first-order valence-electron chi connectivity index (χ1n) is 9.57. The van der Waals surface area contributed by atoms with Crippen LogP contribution in [0.3, 0.4) is 0 Å². The van der Waals surface area contributed by atoms with Crippen molar-refractivity contribution in [1.29, 1.82) is 0 Å². The van der Waals surface area contributed by atoms with Gasteiger partial charge >= 0.3 is 0 Å². The van der Waals surface area contributed by atoms with E-state index in [2.05, 4.69) is 35.2 Å². The van der Waals surface area contributed by atoms with Gasteiger partial charge < -0.3 is 4.90 Å². The van der Waals surface area contributed by atoms with Crippen molar-refractivity contribution in [2.75, 3.05) is 24.6 Å². The maximum absolute atomic E-state index is 12.6. The lowest BCUT2D eigenvalue weighted by atomic mass is 10.0. The molecule has 5 nitrogen and oxygen atoms in total. The van der Waals surface area contributed by atoms with Crippen LogP contribution in [0.25, 0.3) is 10.8 Å². The van der Waals surface area contributed by atoms with Crippen molar-refractivity contribution >= 4 is 26.5 Å². The van der Waals surface area contributed by atoms with Gasteiger partial charge in [0.25, 0.3) is 0 Å². The summed E-state index contributed by atoms with van der Waals surface area (Å²) in [6.45, 7) is 5.78. The Bertz CT molecular complexity index is 970. The molecule has 6 heteroatoms. The van der Waals surface area contributed by atoms with E-state index in [-0.39, 0.29) is 35.4 Å². The van der Waals surface area contributed by atoms with Crippen LogP contribution in [0.5, 0.6) is 0 Å². The summed E-state index contributed by atoms with van der Waals surface area (Å²) in [6.07, 6.45) is 0. The van der Waals surface area contributed by atoms with Gasteiger partial charge in [0.2, 0.25) is 5.91 Å². The van der Waals surface area contributed by atoms with Crippen LogP contribution in [0.2, 0.25) is 0 Å². The van der Waals surface area contributed by atoms with Gasteiger partial charge in [-0.2, -0.15) is 0 Å². The number of hydrogen-bond donors (Lipinski definition) is 0. The first-order chi connectivity index (χ1) is 12.8. The van der Waals surface area contributed by atoms with Crippen LogP contribution in [0.1, 0.15) is 19.4 Å². The molecule has 0 aromatic heterocycles. The molecule has 2 aromatic rings. The molecule has 0 unspecified atom stereocenters. The fourth-order valence-corrected chi connectivity index (χ4v) is 6.41. The molecule has 2 fully saturated rings. The molecule has 1 amide bonds. The molecule has 2 aliphatic heterocycles. The van der Waals surface area contributed by atoms with Gasteiger partial charge in [0.1, 0.15) is 0 Å². The molecule has 27 heavy (non-hydrogen) atoms. The predicted molar refractivity (Wildman–Crippen MR) is 107 cm³/mol. The van der Waals surface area contributed by atoms with Gasteiger partial charge in [-0.15, -0.1) is 0 Å². The number of hydrogen-bond acceptors (Lipinski definition) is 4. The van der Waals surface area contributed by atoms with Crippen molar-refractivity contribution in [2.45, 2.75) is 32.5 Å². The van der Waals surface area contributed by atoms with E-state index < -0.39 is 9.84 Å². The molecule has 144 valence electrons. The average Bonchev–Trinajstić information content (AvgIpc) is 2.96. The van der Waals surface area contributed by atoms with E-state index in [1.54, 1.807) is 0 Å². The third-order valence-corrected chi connectivity index (χ3v) is 7.47. The number of fused-ring (bicyclic) bond motifs is 2. The zero-order valence-electron chi connectivity index (χ0n) is 15.8. The number of sulfone groups is 1. The largest absolute Gasteiger partial charge is 0.336 e. The van der Waals surface area contributed by atoms with E-state index in [0.29, 0.717) is 19.6 Å². The summed E-state index contributed by atoms with van der Waals surface area (Å²) in [4.78, 5) is 16.6. The van der Waals surface area contributed by atoms with Crippen molar-refractivity contribution in [3.05, 3.63) is 48.0 Å². The number of carbonyl (C=O) groups excluding carboxylic acids is 1. The van der Waals surface area contributed by atoms with Crippen LogP contribution in [0.4, 0.5) is 0 Å². The van der Waals surface area contributed by atoms with Crippen molar-refractivity contribution in [3.63, 3.8) is 0 Å². The first kappa shape index (κ1) is 18.4. The lowest BCUT2D eigenvalue weighted by Gasteiger charge is -2.44. The van der Waals surface area contributed by atoms with Crippen LogP contribution >= 0.6 is 0 Å². The second kappa shape index (κ2) is 6.91. The number of carbonyl (C=O) groups is 1. The van der Waals surface area contributed by atoms with E-state index in [1.165, 1.54) is 16.3 Å². The molecule has 0 spiro atoms. The Labute approximate surface area is 160 Å². The molecule has 4 rings (SSSR count). The number of benzene rings is 2. The van der Waals surface area contributed by atoms with Crippen LogP contribution in [-0.4, -0.2) is 60.8 Å². The highest BCUT2D eigenvalue weighted by molar-refractivity contribution is 7.91. The quantitative estimate of drug-likeness (QED) is 0.812. The summed E-state index contributed by atoms with van der Waals surface area (Å²) in [5.41, 5.74) is 1.18. The van der Waals surface area contributed by atoms with Gasteiger partial charge in [-0.05, 0) is 22.4 Å². The molecule has 0 N–H and O–H groups in total. The molecule has 0 saturated carbocycles. The Kier molecular flexibility index (Phi) is 4.72. The summed E-state index contributed by atoms with van der Waals surface area (Å²) in [5, 5.41) is 2.40. The summed E-state index contributed by atoms with van der Waals surface area (Å²) in [7, 11) is -3.12. The Morgan fingerprint density at radius 1 is 1.04 bits per heavy atom.